The molecule has 1 aliphatic carbocycles. The van der Waals surface area contributed by atoms with E-state index >= 15 is 0 Å². The summed E-state index contributed by atoms with van der Waals surface area (Å²) in [6, 6.07) is 24.8. The van der Waals surface area contributed by atoms with Crippen LogP contribution in [0.3, 0.4) is 0 Å². The molecule has 3 N–H and O–H groups in total. The maximum atomic E-state index is 13.0. The second-order valence-corrected chi connectivity index (χ2v) is 11.5. The number of nitrogens with zero attached hydrogens (tertiary/aromatic N) is 2. The zero-order valence-electron chi connectivity index (χ0n) is 23.4. The molecule has 10 heteroatoms. The summed E-state index contributed by atoms with van der Waals surface area (Å²) in [4.78, 5) is 44.3. The lowest BCUT2D eigenvalue weighted by Gasteiger charge is -2.22. The maximum absolute atomic E-state index is 13.0. The van der Waals surface area contributed by atoms with Crippen molar-refractivity contribution in [2.45, 2.75) is 32.0 Å². The number of likely N-dealkylation sites (N-methyl/N-ethyl adjacent to an activating group) is 1. The quantitative estimate of drug-likeness (QED) is 0.232. The monoisotopic (exact) mass is 584 g/mol. The van der Waals surface area contributed by atoms with Crippen molar-refractivity contribution >= 4 is 29.3 Å². The topological polar surface area (TPSA) is 121 Å². The molecule has 42 heavy (non-hydrogen) atoms. The van der Waals surface area contributed by atoms with E-state index in [1.165, 1.54) is 11.3 Å². The van der Waals surface area contributed by atoms with Crippen LogP contribution in [0.1, 0.15) is 43.0 Å². The van der Waals surface area contributed by atoms with Gasteiger partial charge in [0.1, 0.15) is 23.4 Å². The molecular weight excluding hydrogens is 552 g/mol. The number of benzene rings is 3. The van der Waals surface area contributed by atoms with Gasteiger partial charge in [-0.2, -0.15) is 0 Å². The summed E-state index contributed by atoms with van der Waals surface area (Å²) in [5, 5.41) is 15.5. The molecule has 3 aromatic carbocycles. The zero-order chi connectivity index (χ0) is 29.6. The molecule has 1 aliphatic rings. The predicted octanol–water partition coefficient (Wildman–Crippen LogP) is 4.81. The van der Waals surface area contributed by atoms with E-state index in [9.17, 15) is 19.5 Å². The van der Waals surface area contributed by atoms with Crippen molar-refractivity contribution in [3.05, 3.63) is 111 Å². The highest BCUT2D eigenvalue weighted by molar-refractivity contribution is 7.11. The molecule has 0 spiro atoms. The molecule has 2 amide bonds. The third-order valence-electron chi connectivity index (χ3n) is 7.18. The number of alkyl carbamates (subject to hydrolysis) is 1. The molecule has 0 saturated carbocycles. The van der Waals surface area contributed by atoms with Crippen LogP contribution in [0.25, 0.3) is 11.1 Å². The Morgan fingerprint density at radius 3 is 2.24 bits per heavy atom. The Morgan fingerprint density at radius 1 is 0.976 bits per heavy atom. The number of ether oxygens (including phenoxy) is 1. The fourth-order valence-corrected chi connectivity index (χ4v) is 6.09. The van der Waals surface area contributed by atoms with Crippen LogP contribution in [-0.4, -0.2) is 59.2 Å². The smallest absolute Gasteiger partial charge is 0.407 e. The first-order chi connectivity index (χ1) is 20.3. The highest BCUT2D eigenvalue weighted by Gasteiger charge is 2.29. The number of amides is 2. The van der Waals surface area contributed by atoms with Crippen molar-refractivity contribution in [2.24, 2.45) is 0 Å². The van der Waals surface area contributed by atoms with Crippen LogP contribution < -0.4 is 10.6 Å². The number of aryl methyl sites for hydroxylation is 1. The van der Waals surface area contributed by atoms with Gasteiger partial charge in [0.2, 0.25) is 0 Å². The molecule has 1 heterocycles. The largest absolute Gasteiger partial charge is 0.480 e. The van der Waals surface area contributed by atoms with Crippen molar-refractivity contribution in [1.82, 2.24) is 20.5 Å². The van der Waals surface area contributed by atoms with Crippen LogP contribution in [-0.2, 0) is 22.6 Å². The molecule has 1 unspecified atom stereocenters. The van der Waals surface area contributed by atoms with Crippen LogP contribution in [0.5, 0.6) is 0 Å². The standard InChI is InChI=1S/C32H32N4O5S/c1-20-29(30(37)34-27(31(38)39)18-36(2)17-21-10-4-3-5-11-21)35-28(42-20)16-33-32(40)41-19-26-24-14-8-6-12-22(24)23-13-7-9-15-25(23)26/h3-15,26-27H,16-19H2,1-2H3,(H,33,40)(H,34,37)(H,38,39). The number of hydrogen-bond donors (Lipinski definition) is 3. The molecule has 1 atom stereocenters. The fourth-order valence-electron chi connectivity index (χ4n) is 5.22. The molecule has 0 saturated heterocycles. The SMILES string of the molecule is Cc1sc(CNC(=O)OCC2c3ccccc3-c3ccccc32)nc1C(=O)NC(CN(C)Cc1ccccc1)C(=O)O. The van der Waals surface area contributed by atoms with E-state index in [4.69, 9.17) is 4.74 Å². The van der Waals surface area contributed by atoms with E-state index in [-0.39, 0.29) is 31.3 Å². The number of aliphatic carboxylic acids is 1. The zero-order valence-corrected chi connectivity index (χ0v) is 24.2. The van der Waals surface area contributed by atoms with Gasteiger partial charge in [0, 0.05) is 23.9 Å². The minimum absolute atomic E-state index is 0.0468. The Bertz CT molecular complexity index is 1540. The van der Waals surface area contributed by atoms with Crippen LogP contribution in [0.15, 0.2) is 78.9 Å². The van der Waals surface area contributed by atoms with Gasteiger partial charge < -0.3 is 20.5 Å². The average molecular weight is 585 g/mol. The number of carbonyl (C=O) groups excluding carboxylic acids is 2. The van der Waals surface area contributed by atoms with Gasteiger partial charge >= 0.3 is 12.1 Å². The summed E-state index contributed by atoms with van der Waals surface area (Å²) in [5.74, 6) is -1.75. The Hall–Kier alpha value is -4.54. The number of rotatable bonds is 11. The summed E-state index contributed by atoms with van der Waals surface area (Å²) in [5.41, 5.74) is 5.74. The first kappa shape index (κ1) is 29.0. The van der Waals surface area contributed by atoms with Crippen molar-refractivity contribution in [2.75, 3.05) is 20.2 Å². The molecule has 216 valence electrons. The maximum Gasteiger partial charge on any atom is 0.407 e. The molecule has 0 aliphatic heterocycles. The van der Waals surface area contributed by atoms with Gasteiger partial charge in [0.15, 0.2) is 0 Å². The summed E-state index contributed by atoms with van der Waals surface area (Å²) in [6.45, 7) is 2.68. The fraction of sp³-hybridized carbons (Fsp3) is 0.250. The average Bonchev–Trinajstić information content (AvgIpc) is 3.52. The Balaban J connectivity index is 1.14. The first-order valence-corrected chi connectivity index (χ1v) is 14.4. The summed E-state index contributed by atoms with van der Waals surface area (Å²) in [7, 11) is 1.80. The lowest BCUT2D eigenvalue weighted by atomic mass is 9.98. The van der Waals surface area contributed by atoms with Gasteiger partial charge in [-0.15, -0.1) is 11.3 Å². The van der Waals surface area contributed by atoms with Crippen LogP contribution >= 0.6 is 11.3 Å². The molecule has 1 aromatic heterocycles. The highest BCUT2D eigenvalue weighted by Crippen LogP contribution is 2.44. The van der Waals surface area contributed by atoms with E-state index < -0.39 is 24.0 Å². The van der Waals surface area contributed by atoms with Gasteiger partial charge in [-0.25, -0.2) is 14.6 Å². The molecule has 0 bridgehead atoms. The van der Waals surface area contributed by atoms with Crippen LogP contribution in [0.2, 0.25) is 0 Å². The Labute approximate surface area is 248 Å². The summed E-state index contributed by atoms with van der Waals surface area (Å²) in [6.07, 6.45) is -0.580. The third kappa shape index (κ3) is 6.67. The van der Waals surface area contributed by atoms with E-state index in [0.29, 0.717) is 16.4 Å². The molecule has 5 rings (SSSR count). The third-order valence-corrected chi connectivity index (χ3v) is 8.15. The van der Waals surface area contributed by atoms with E-state index in [1.54, 1.807) is 14.0 Å². The number of thiazole rings is 1. The molecule has 4 aromatic rings. The minimum Gasteiger partial charge on any atom is -0.480 e. The van der Waals surface area contributed by atoms with Gasteiger partial charge in [0.05, 0.1) is 6.54 Å². The highest BCUT2D eigenvalue weighted by atomic mass is 32.1. The number of carboxylic acids is 1. The van der Waals surface area contributed by atoms with Gasteiger partial charge in [-0.05, 0) is 41.8 Å². The van der Waals surface area contributed by atoms with E-state index in [0.717, 1.165) is 27.8 Å². The van der Waals surface area contributed by atoms with E-state index in [1.807, 2.05) is 59.5 Å². The lowest BCUT2D eigenvalue weighted by molar-refractivity contribution is -0.139. The van der Waals surface area contributed by atoms with Crippen molar-refractivity contribution < 1.29 is 24.2 Å². The number of nitrogens with one attached hydrogen (secondary N) is 2. The Kier molecular flexibility index (Phi) is 8.94. The predicted molar refractivity (Wildman–Crippen MR) is 160 cm³/mol. The molecule has 0 radical (unpaired) electrons. The second kappa shape index (κ2) is 13.0. The second-order valence-electron chi connectivity index (χ2n) is 10.2. The number of carbonyl (C=O) groups is 3. The van der Waals surface area contributed by atoms with Gasteiger partial charge in [-0.1, -0.05) is 78.9 Å². The van der Waals surface area contributed by atoms with Crippen LogP contribution in [0.4, 0.5) is 4.79 Å². The first-order valence-electron chi connectivity index (χ1n) is 13.6. The molecular formula is C32H32N4O5S. The number of fused-ring (bicyclic) bond motifs is 3. The minimum atomic E-state index is -1.13. The number of aromatic nitrogens is 1. The lowest BCUT2D eigenvalue weighted by Crippen LogP contribution is -2.47. The summed E-state index contributed by atoms with van der Waals surface area (Å²) >= 11 is 1.26. The molecule has 9 nitrogen and oxygen atoms in total. The van der Waals surface area contributed by atoms with Crippen LogP contribution in [0, 0.1) is 6.92 Å². The van der Waals surface area contributed by atoms with Crippen molar-refractivity contribution in [3.8, 4) is 11.1 Å². The van der Waals surface area contributed by atoms with Crippen molar-refractivity contribution in [1.29, 1.82) is 0 Å². The van der Waals surface area contributed by atoms with Gasteiger partial charge in [0.25, 0.3) is 5.91 Å². The van der Waals surface area contributed by atoms with Crippen molar-refractivity contribution in [3.63, 3.8) is 0 Å². The number of carboxylic acid groups (broad SMARTS) is 1. The summed E-state index contributed by atoms with van der Waals surface area (Å²) < 4.78 is 5.58. The number of hydrogen-bond acceptors (Lipinski definition) is 7. The normalized spacial score (nSPS) is 12.8. The van der Waals surface area contributed by atoms with E-state index in [2.05, 4.69) is 39.9 Å². The Morgan fingerprint density at radius 2 is 1.60 bits per heavy atom. The van der Waals surface area contributed by atoms with Gasteiger partial charge in [-0.3, -0.25) is 9.69 Å². The molecule has 0 fully saturated rings.